The monoisotopic (exact) mass is 216 g/mol. The number of nitrogens with zero attached hydrogens (tertiary/aromatic N) is 5. The van der Waals surface area contributed by atoms with Crippen LogP contribution in [0.3, 0.4) is 0 Å². The molecule has 7 heteroatoms. The molecule has 0 saturated heterocycles. The van der Waals surface area contributed by atoms with E-state index in [0.717, 1.165) is 5.69 Å². The molecule has 0 aliphatic rings. The summed E-state index contributed by atoms with van der Waals surface area (Å²) in [6, 6.07) is 0.366. The predicted octanol–water partition coefficient (Wildman–Crippen LogP) is 0.694. The molecule has 0 atom stereocenters. The van der Waals surface area contributed by atoms with E-state index < -0.39 is 0 Å². The molecule has 0 aliphatic heterocycles. The largest absolute Gasteiger partial charge is 0.430 e. The summed E-state index contributed by atoms with van der Waals surface area (Å²) in [7, 11) is 0. The number of aryl methyl sites for hydroxylation is 1. The molecular weight excluding hydrogens is 208 g/mol. The first-order chi connectivity index (χ1) is 7.75. The Kier molecular flexibility index (Phi) is 1.67. The van der Waals surface area contributed by atoms with Gasteiger partial charge in [-0.2, -0.15) is 14.8 Å². The molecule has 0 spiro atoms. The Morgan fingerprint density at radius 2 is 2.25 bits per heavy atom. The standard InChI is InChI=1S/C9H8N6O/c1-5-3-16-9(14-5)15-8-6(2-13-15)7(10)11-4-12-8/h2-4H,1H3,(H2,10,11,12). The highest BCUT2D eigenvalue weighted by molar-refractivity contribution is 5.85. The van der Waals surface area contributed by atoms with E-state index in [2.05, 4.69) is 20.1 Å². The normalized spacial score (nSPS) is 11.1. The van der Waals surface area contributed by atoms with Gasteiger partial charge in [-0.25, -0.2) is 9.97 Å². The van der Waals surface area contributed by atoms with Crippen LogP contribution < -0.4 is 5.73 Å². The molecule has 3 aromatic rings. The van der Waals surface area contributed by atoms with E-state index in [-0.39, 0.29) is 0 Å². The van der Waals surface area contributed by atoms with Gasteiger partial charge in [0.05, 0.1) is 17.3 Å². The van der Waals surface area contributed by atoms with Gasteiger partial charge in [0.2, 0.25) is 0 Å². The molecule has 0 bridgehead atoms. The van der Waals surface area contributed by atoms with Crippen LogP contribution in [-0.2, 0) is 0 Å². The van der Waals surface area contributed by atoms with E-state index in [9.17, 15) is 0 Å². The zero-order valence-corrected chi connectivity index (χ0v) is 8.45. The zero-order valence-electron chi connectivity index (χ0n) is 8.45. The molecule has 0 aromatic carbocycles. The van der Waals surface area contributed by atoms with Gasteiger partial charge in [-0.1, -0.05) is 0 Å². The number of nitrogens with two attached hydrogens (primary N) is 1. The van der Waals surface area contributed by atoms with Crippen molar-refractivity contribution in [2.24, 2.45) is 0 Å². The highest BCUT2D eigenvalue weighted by atomic mass is 16.4. The SMILES string of the molecule is Cc1coc(-n2ncc3c(N)ncnc32)n1. The second kappa shape index (κ2) is 3.02. The third-order valence-electron chi connectivity index (χ3n) is 2.18. The number of aromatic nitrogens is 5. The van der Waals surface area contributed by atoms with Crippen molar-refractivity contribution in [1.82, 2.24) is 24.7 Å². The van der Waals surface area contributed by atoms with Gasteiger partial charge in [0, 0.05) is 0 Å². The molecule has 0 saturated carbocycles. The van der Waals surface area contributed by atoms with Gasteiger partial charge < -0.3 is 10.2 Å². The molecule has 0 radical (unpaired) electrons. The molecule has 0 unspecified atom stereocenters. The lowest BCUT2D eigenvalue weighted by Crippen LogP contribution is -1.99. The van der Waals surface area contributed by atoms with Crippen molar-refractivity contribution in [3.05, 3.63) is 24.5 Å². The van der Waals surface area contributed by atoms with Crippen LogP contribution >= 0.6 is 0 Å². The summed E-state index contributed by atoms with van der Waals surface area (Å²) in [6.45, 7) is 1.84. The van der Waals surface area contributed by atoms with E-state index in [4.69, 9.17) is 10.2 Å². The second-order valence-corrected chi connectivity index (χ2v) is 3.32. The van der Waals surface area contributed by atoms with E-state index >= 15 is 0 Å². The fourth-order valence-corrected chi connectivity index (χ4v) is 1.44. The molecular formula is C9H8N6O. The van der Waals surface area contributed by atoms with Crippen LogP contribution in [0, 0.1) is 6.92 Å². The maximum atomic E-state index is 5.70. The minimum absolute atomic E-state index is 0.366. The lowest BCUT2D eigenvalue weighted by atomic mass is 10.4. The Morgan fingerprint density at radius 1 is 1.38 bits per heavy atom. The maximum absolute atomic E-state index is 5.70. The lowest BCUT2D eigenvalue weighted by Gasteiger charge is -1.96. The number of anilines is 1. The minimum atomic E-state index is 0.366. The van der Waals surface area contributed by atoms with Crippen LogP contribution in [0.25, 0.3) is 17.0 Å². The van der Waals surface area contributed by atoms with Crippen molar-refractivity contribution in [3.63, 3.8) is 0 Å². The molecule has 2 N–H and O–H groups in total. The molecule has 0 aliphatic carbocycles. The van der Waals surface area contributed by atoms with Crippen molar-refractivity contribution in [1.29, 1.82) is 0 Å². The average molecular weight is 216 g/mol. The fraction of sp³-hybridized carbons (Fsp3) is 0.111. The van der Waals surface area contributed by atoms with E-state index in [1.165, 1.54) is 11.0 Å². The number of fused-ring (bicyclic) bond motifs is 1. The lowest BCUT2D eigenvalue weighted by molar-refractivity contribution is 0.514. The van der Waals surface area contributed by atoms with Crippen LogP contribution in [0.4, 0.5) is 5.82 Å². The van der Waals surface area contributed by atoms with Crippen LogP contribution in [0.5, 0.6) is 0 Å². The highest BCUT2D eigenvalue weighted by Crippen LogP contribution is 2.18. The van der Waals surface area contributed by atoms with Gasteiger partial charge in [-0.05, 0) is 6.92 Å². The van der Waals surface area contributed by atoms with Crippen molar-refractivity contribution in [2.45, 2.75) is 6.92 Å². The van der Waals surface area contributed by atoms with Crippen molar-refractivity contribution < 1.29 is 4.42 Å². The summed E-state index contributed by atoms with van der Waals surface area (Å²) in [5, 5.41) is 4.80. The Bertz CT molecular complexity index is 655. The van der Waals surface area contributed by atoms with Gasteiger partial charge in [0.1, 0.15) is 18.4 Å². The van der Waals surface area contributed by atoms with Gasteiger partial charge >= 0.3 is 6.01 Å². The molecule has 3 aromatic heterocycles. The third kappa shape index (κ3) is 1.14. The first-order valence-electron chi connectivity index (χ1n) is 4.62. The minimum Gasteiger partial charge on any atom is -0.430 e. The van der Waals surface area contributed by atoms with E-state index in [1.807, 2.05) is 6.92 Å². The van der Waals surface area contributed by atoms with E-state index in [0.29, 0.717) is 22.9 Å². The summed E-state index contributed by atoms with van der Waals surface area (Å²) in [4.78, 5) is 12.1. The predicted molar refractivity (Wildman–Crippen MR) is 55.9 cm³/mol. The van der Waals surface area contributed by atoms with Crippen molar-refractivity contribution >= 4 is 16.9 Å². The molecule has 16 heavy (non-hydrogen) atoms. The number of oxazole rings is 1. The van der Waals surface area contributed by atoms with Gasteiger partial charge in [-0.15, -0.1) is 0 Å². The number of hydrogen-bond donors (Lipinski definition) is 1. The van der Waals surface area contributed by atoms with Crippen LogP contribution in [-0.4, -0.2) is 24.7 Å². The van der Waals surface area contributed by atoms with Gasteiger partial charge in [-0.3, -0.25) is 0 Å². The molecule has 7 nitrogen and oxygen atoms in total. The van der Waals surface area contributed by atoms with E-state index in [1.54, 1.807) is 12.5 Å². The quantitative estimate of drug-likeness (QED) is 0.643. The molecule has 3 rings (SSSR count). The van der Waals surface area contributed by atoms with Crippen LogP contribution in [0.1, 0.15) is 5.69 Å². The Balaban J connectivity index is 2.29. The maximum Gasteiger partial charge on any atom is 0.324 e. The van der Waals surface area contributed by atoms with Crippen LogP contribution in [0.15, 0.2) is 23.2 Å². The highest BCUT2D eigenvalue weighted by Gasteiger charge is 2.12. The number of nitrogen functional groups attached to an aromatic ring is 1. The molecule has 80 valence electrons. The second-order valence-electron chi connectivity index (χ2n) is 3.32. The van der Waals surface area contributed by atoms with Crippen LogP contribution in [0.2, 0.25) is 0 Å². The smallest absolute Gasteiger partial charge is 0.324 e. The van der Waals surface area contributed by atoms with Crippen molar-refractivity contribution in [2.75, 3.05) is 5.73 Å². The van der Waals surface area contributed by atoms with Gasteiger partial charge in [0.15, 0.2) is 5.65 Å². The summed E-state index contributed by atoms with van der Waals surface area (Å²) in [6.07, 6.45) is 4.52. The summed E-state index contributed by atoms with van der Waals surface area (Å²) >= 11 is 0. The third-order valence-corrected chi connectivity index (χ3v) is 2.18. The average Bonchev–Trinajstić information content (AvgIpc) is 2.84. The Hall–Kier alpha value is -2.44. The topological polar surface area (TPSA) is 95.7 Å². The molecule has 3 heterocycles. The molecule has 0 fully saturated rings. The summed E-state index contributed by atoms with van der Waals surface area (Å²) < 4.78 is 6.73. The summed E-state index contributed by atoms with van der Waals surface area (Å²) in [5.74, 6) is 0.388. The summed E-state index contributed by atoms with van der Waals surface area (Å²) in [5.41, 5.74) is 7.05. The zero-order chi connectivity index (χ0) is 11.1. The van der Waals surface area contributed by atoms with Crippen molar-refractivity contribution in [3.8, 4) is 6.01 Å². The first kappa shape index (κ1) is 8.84. The Morgan fingerprint density at radius 3 is 3.00 bits per heavy atom. The number of hydrogen-bond acceptors (Lipinski definition) is 6. The Labute approximate surface area is 89.9 Å². The molecule has 0 amide bonds. The van der Waals surface area contributed by atoms with Gasteiger partial charge in [0.25, 0.3) is 0 Å². The fourth-order valence-electron chi connectivity index (χ4n) is 1.44. The first-order valence-corrected chi connectivity index (χ1v) is 4.62. The number of rotatable bonds is 1.